The average molecular weight is 226 g/mol. The van der Waals surface area contributed by atoms with Crippen LogP contribution in [0.2, 0.25) is 0 Å². The second kappa shape index (κ2) is 4.80. The lowest BCUT2D eigenvalue weighted by Gasteiger charge is -2.36. The zero-order chi connectivity index (χ0) is 12.3. The molecule has 3 N–H and O–H groups in total. The third-order valence-electron chi connectivity index (χ3n) is 2.94. The van der Waals surface area contributed by atoms with Crippen molar-refractivity contribution in [2.75, 3.05) is 18.6 Å². The van der Waals surface area contributed by atoms with Gasteiger partial charge < -0.3 is 15.7 Å². The van der Waals surface area contributed by atoms with Crippen LogP contribution < -0.4 is 10.6 Å². The first kappa shape index (κ1) is 12.9. The Morgan fingerprint density at radius 1 is 1.44 bits per heavy atom. The van der Waals surface area contributed by atoms with Crippen molar-refractivity contribution in [2.24, 2.45) is 5.73 Å². The van der Waals surface area contributed by atoms with E-state index in [1.165, 1.54) is 6.07 Å². The van der Waals surface area contributed by atoms with Crippen LogP contribution in [0.25, 0.3) is 0 Å². The summed E-state index contributed by atoms with van der Waals surface area (Å²) in [6, 6.07) is 4.93. The standard InChI is InChI=1S/C12H19FN2O/c1-12(2,8-16)15(3)10-5-4-9(7-14)11(13)6-10/h4-6,16H,7-8,14H2,1-3H3. The molecule has 0 saturated carbocycles. The molecule has 0 saturated heterocycles. The Labute approximate surface area is 95.7 Å². The smallest absolute Gasteiger partial charge is 0.129 e. The van der Waals surface area contributed by atoms with Crippen LogP contribution in [-0.4, -0.2) is 24.3 Å². The molecule has 3 nitrogen and oxygen atoms in total. The van der Waals surface area contributed by atoms with Gasteiger partial charge in [0.05, 0.1) is 12.1 Å². The highest BCUT2D eigenvalue weighted by Crippen LogP contribution is 2.23. The number of aliphatic hydroxyl groups excluding tert-OH is 1. The summed E-state index contributed by atoms with van der Waals surface area (Å²) in [4.78, 5) is 1.84. The van der Waals surface area contributed by atoms with Gasteiger partial charge in [-0.05, 0) is 26.0 Å². The van der Waals surface area contributed by atoms with Crippen LogP contribution in [0.1, 0.15) is 19.4 Å². The first-order valence-corrected chi connectivity index (χ1v) is 5.25. The minimum atomic E-state index is -0.420. The molecule has 0 unspecified atom stereocenters. The lowest BCUT2D eigenvalue weighted by molar-refractivity contribution is 0.216. The molecule has 0 aliphatic rings. The zero-order valence-electron chi connectivity index (χ0n) is 10.00. The molecule has 0 spiro atoms. The maximum absolute atomic E-state index is 13.5. The summed E-state index contributed by atoms with van der Waals surface area (Å²) in [7, 11) is 1.83. The molecule has 0 aliphatic carbocycles. The number of nitrogens with two attached hydrogens (primary N) is 1. The minimum Gasteiger partial charge on any atom is -0.394 e. The molecule has 1 aromatic rings. The Balaban J connectivity index is 3.02. The molecule has 0 aliphatic heterocycles. The van der Waals surface area contributed by atoms with Crippen molar-refractivity contribution in [3.05, 3.63) is 29.6 Å². The molecule has 0 fully saturated rings. The highest BCUT2D eigenvalue weighted by molar-refractivity contribution is 5.49. The first-order valence-electron chi connectivity index (χ1n) is 5.25. The number of rotatable bonds is 4. The predicted octanol–water partition coefficient (Wildman–Crippen LogP) is 1.49. The van der Waals surface area contributed by atoms with E-state index in [1.54, 1.807) is 6.07 Å². The lowest BCUT2D eigenvalue weighted by Crippen LogP contribution is -2.44. The number of anilines is 1. The fourth-order valence-corrected chi connectivity index (χ4v) is 1.37. The van der Waals surface area contributed by atoms with Crippen molar-refractivity contribution >= 4 is 5.69 Å². The van der Waals surface area contributed by atoms with Crippen molar-refractivity contribution in [3.8, 4) is 0 Å². The number of halogens is 1. The van der Waals surface area contributed by atoms with Gasteiger partial charge in [0.25, 0.3) is 0 Å². The molecule has 16 heavy (non-hydrogen) atoms. The van der Waals surface area contributed by atoms with E-state index in [9.17, 15) is 9.50 Å². The molecule has 0 heterocycles. The number of benzene rings is 1. The van der Waals surface area contributed by atoms with Gasteiger partial charge >= 0.3 is 0 Å². The van der Waals surface area contributed by atoms with E-state index in [0.717, 1.165) is 5.69 Å². The van der Waals surface area contributed by atoms with Crippen molar-refractivity contribution in [2.45, 2.75) is 25.9 Å². The van der Waals surface area contributed by atoms with Crippen molar-refractivity contribution in [3.63, 3.8) is 0 Å². The summed E-state index contributed by atoms with van der Waals surface area (Å²) in [5.74, 6) is -0.305. The summed E-state index contributed by atoms with van der Waals surface area (Å²) >= 11 is 0. The van der Waals surface area contributed by atoms with E-state index in [-0.39, 0.29) is 19.0 Å². The molecule has 0 radical (unpaired) electrons. The molecule has 1 aromatic carbocycles. The number of hydrogen-bond acceptors (Lipinski definition) is 3. The highest BCUT2D eigenvalue weighted by Gasteiger charge is 2.23. The fraction of sp³-hybridized carbons (Fsp3) is 0.500. The molecular formula is C12H19FN2O. The van der Waals surface area contributed by atoms with Gasteiger partial charge in [0.15, 0.2) is 0 Å². The predicted molar refractivity (Wildman–Crippen MR) is 63.9 cm³/mol. The van der Waals surface area contributed by atoms with Crippen LogP contribution in [0, 0.1) is 5.82 Å². The molecule has 4 heteroatoms. The Kier molecular flexibility index (Phi) is 3.88. The number of aliphatic hydroxyl groups is 1. The first-order chi connectivity index (χ1) is 7.42. The monoisotopic (exact) mass is 226 g/mol. The second-order valence-electron chi connectivity index (χ2n) is 4.51. The number of hydrogen-bond donors (Lipinski definition) is 2. The van der Waals surface area contributed by atoms with Crippen LogP contribution in [0.3, 0.4) is 0 Å². The van der Waals surface area contributed by atoms with E-state index in [4.69, 9.17) is 5.73 Å². The van der Waals surface area contributed by atoms with Crippen molar-refractivity contribution < 1.29 is 9.50 Å². The highest BCUT2D eigenvalue weighted by atomic mass is 19.1. The average Bonchev–Trinajstić information content (AvgIpc) is 2.27. The van der Waals surface area contributed by atoms with Crippen molar-refractivity contribution in [1.82, 2.24) is 0 Å². The molecular weight excluding hydrogens is 207 g/mol. The SMILES string of the molecule is CN(c1ccc(CN)c(F)c1)C(C)(C)CO. The van der Waals surface area contributed by atoms with Crippen LogP contribution in [-0.2, 0) is 6.54 Å². The summed E-state index contributed by atoms with van der Waals surface area (Å²) < 4.78 is 13.5. The summed E-state index contributed by atoms with van der Waals surface area (Å²) in [6.45, 7) is 3.98. The normalized spacial score (nSPS) is 11.6. The minimum absolute atomic E-state index is 0.00373. The largest absolute Gasteiger partial charge is 0.394 e. The maximum atomic E-state index is 13.5. The Morgan fingerprint density at radius 2 is 2.06 bits per heavy atom. The quantitative estimate of drug-likeness (QED) is 0.817. The summed E-state index contributed by atoms with van der Waals surface area (Å²) in [5.41, 5.74) is 6.20. The molecule has 1 rings (SSSR count). The van der Waals surface area contributed by atoms with Gasteiger partial charge in [0.1, 0.15) is 5.82 Å². The third kappa shape index (κ3) is 2.51. The molecule has 0 bridgehead atoms. The zero-order valence-corrected chi connectivity index (χ0v) is 10.00. The topological polar surface area (TPSA) is 49.5 Å². The Morgan fingerprint density at radius 3 is 2.50 bits per heavy atom. The van der Waals surface area contributed by atoms with Crippen LogP contribution >= 0.6 is 0 Å². The van der Waals surface area contributed by atoms with Gasteiger partial charge in [0, 0.05) is 24.8 Å². The summed E-state index contributed by atoms with van der Waals surface area (Å²) in [6.07, 6.45) is 0. The van der Waals surface area contributed by atoms with Gasteiger partial charge in [-0.2, -0.15) is 0 Å². The Bertz CT molecular complexity index is 366. The summed E-state index contributed by atoms with van der Waals surface area (Å²) in [5, 5.41) is 9.24. The van der Waals surface area contributed by atoms with Gasteiger partial charge in [-0.1, -0.05) is 6.07 Å². The van der Waals surface area contributed by atoms with Gasteiger partial charge in [-0.3, -0.25) is 0 Å². The molecule has 0 atom stereocenters. The van der Waals surface area contributed by atoms with Gasteiger partial charge in [0.2, 0.25) is 0 Å². The molecule has 0 aromatic heterocycles. The third-order valence-corrected chi connectivity index (χ3v) is 2.94. The number of nitrogens with zero attached hydrogens (tertiary/aromatic N) is 1. The van der Waals surface area contributed by atoms with Gasteiger partial charge in [-0.15, -0.1) is 0 Å². The number of likely N-dealkylation sites (N-methyl/N-ethyl adjacent to an activating group) is 1. The van der Waals surface area contributed by atoms with Crippen LogP contribution in [0.15, 0.2) is 18.2 Å². The maximum Gasteiger partial charge on any atom is 0.129 e. The second-order valence-corrected chi connectivity index (χ2v) is 4.51. The van der Waals surface area contributed by atoms with E-state index in [2.05, 4.69) is 0 Å². The van der Waals surface area contributed by atoms with Crippen molar-refractivity contribution in [1.29, 1.82) is 0 Å². The van der Waals surface area contributed by atoms with Crippen LogP contribution in [0.5, 0.6) is 0 Å². The lowest BCUT2D eigenvalue weighted by atomic mass is 10.0. The van der Waals surface area contributed by atoms with E-state index in [0.29, 0.717) is 5.56 Å². The van der Waals surface area contributed by atoms with Gasteiger partial charge in [-0.25, -0.2) is 4.39 Å². The van der Waals surface area contributed by atoms with E-state index < -0.39 is 5.54 Å². The molecule has 0 amide bonds. The van der Waals surface area contributed by atoms with E-state index >= 15 is 0 Å². The van der Waals surface area contributed by atoms with Crippen LogP contribution in [0.4, 0.5) is 10.1 Å². The van der Waals surface area contributed by atoms with E-state index in [1.807, 2.05) is 31.9 Å². The Hall–Kier alpha value is -1.13. The molecule has 90 valence electrons. The fourth-order valence-electron chi connectivity index (χ4n) is 1.37.